The van der Waals surface area contributed by atoms with Crippen LogP contribution in [0.4, 0.5) is 5.69 Å². The number of non-ortho nitro benzene ring substituents is 1. The molecule has 0 aromatic heterocycles. The lowest BCUT2D eigenvalue weighted by molar-refractivity contribution is -0.384. The number of hydrogen-bond donors (Lipinski definition) is 0. The van der Waals surface area contributed by atoms with Crippen LogP contribution in [0.25, 0.3) is 0 Å². The summed E-state index contributed by atoms with van der Waals surface area (Å²) in [5, 5.41) is 10.5. The molecule has 0 aliphatic carbocycles. The summed E-state index contributed by atoms with van der Waals surface area (Å²) in [6.45, 7) is 0.810. The maximum atomic E-state index is 11.8. The molecule has 112 valence electrons. The fraction of sp³-hybridized carbons (Fsp3) is 0.118. The molecule has 22 heavy (non-hydrogen) atoms. The lowest BCUT2D eigenvalue weighted by Crippen LogP contribution is -1.97. The van der Waals surface area contributed by atoms with Crippen LogP contribution < -0.4 is 0 Å². The molecule has 0 saturated carbocycles. The molecule has 2 rings (SSSR count). The molecule has 0 fully saturated rings. The normalized spacial score (nSPS) is 10.7. The molecule has 0 atom stereocenters. The van der Waals surface area contributed by atoms with Crippen LogP contribution in [0, 0.1) is 10.1 Å². The number of benzene rings is 2. The Morgan fingerprint density at radius 3 is 2.41 bits per heavy atom. The van der Waals surface area contributed by atoms with Crippen LogP contribution in [0.15, 0.2) is 66.7 Å². The first-order valence-electron chi connectivity index (χ1n) is 6.74. The summed E-state index contributed by atoms with van der Waals surface area (Å²) in [7, 11) is 0. The molecule has 0 saturated heterocycles. The molecule has 0 amide bonds. The number of ether oxygens (including phenoxy) is 1. The van der Waals surface area contributed by atoms with Gasteiger partial charge in [-0.3, -0.25) is 14.9 Å². The third-order valence-electron chi connectivity index (χ3n) is 2.96. The number of hydrogen-bond acceptors (Lipinski definition) is 4. The van der Waals surface area contributed by atoms with E-state index in [1.54, 1.807) is 6.08 Å². The molecule has 5 heteroatoms. The minimum atomic E-state index is -0.498. The molecular weight excluding hydrogens is 282 g/mol. The average molecular weight is 297 g/mol. The summed E-state index contributed by atoms with van der Waals surface area (Å²) in [6.07, 6.45) is 3.04. The first-order valence-corrected chi connectivity index (χ1v) is 6.74. The van der Waals surface area contributed by atoms with Gasteiger partial charge in [-0.15, -0.1) is 0 Å². The van der Waals surface area contributed by atoms with Gasteiger partial charge in [-0.2, -0.15) is 0 Å². The molecule has 2 aromatic carbocycles. The Labute approximate surface area is 128 Å². The Hall–Kier alpha value is -2.79. The first-order chi connectivity index (χ1) is 10.7. The van der Waals surface area contributed by atoms with Crippen molar-refractivity contribution in [2.75, 3.05) is 6.61 Å². The highest BCUT2D eigenvalue weighted by Gasteiger charge is 2.06. The van der Waals surface area contributed by atoms with Gasteiger partial charge in [-0.1, -0.05) is 36.4 Å². The van der Waals surface area contributed by atoms with Crippen molar-refractivity contribution in [3.8, 4) is 0 Å². The summed E-state index contributed by atoms with van der Waals surface area (Å²) in [6, 6.07) is 15.2. The monoisotopic (exact) mass is 297 g/mol. The summed E-state index contributed by atoms with van der Waals surface area (Å²) < 4.78 is 5.43. The van der Waals surface area contributed by atoms with E-state index in [9.17, 15) is 14.9 Å². The second-order valence-electron chi connectivity index (χ2n) is 4.57. The zero-order valence-electron chi connectivity index (χ0n) is 11.8. The van der Waals surface area contributed by atoms with Crippen molar-refractivity contribution in [3.05, 3.63) is 88.0 Å². The quantitative estimate of drug-likeness (QED) is 0.258. The molecule has 5 nitrogen and oxygen atoms in total. The van der Waals surface area contributed by atoms with E-state index in [1.807, 2.05) is 30.3 Å². The Bertz CT molecular complexity index is 663. The van der Waals surface area contributed by atoms with Crippen molar-refractivity contribution in [1.29, 1.82) is 0 Å². The van der Waals surface area contributed by atoms with Crippen LogP contribution >= 0.6 is 0 Å². The van der Waals surface area contributed by atoms with Gasteiger partial charge >= 0.3 is 0 Å². The lowest BCUT2D eigenvalue weighted by Gasteiger charge is -2.00. The van der Waals surface area contributed by atoms with Gasteiger partial charge in [0.25, 0.3) is 5.69 Å². The van der Waals surface area contributed by atoms with E-state index < -0.39 is 4.92 Å². The molecule has 2 aromatic rings. The van der Waals surface area contributed by atoms with Gasteiger partial charge in [-0.25, -0.2) is 0 Å². The first kappa shape index (κ1) is 15.6. The van der Waals surface area contributed by atoms with Crippen LogP contribution in [0.1, 0.15) is 15.9 Å². The Morgan fingerprint density at radius 1 is 1.09 bits per heavy atom. The predicted octanol–water partition coefficient (Wildman–Crippen LogP) is 3.55. The van der Waals surface area contributed by atoms with E-state index in [-0.39, 0.29) is 11.5 Å². The van der Waals surface area contributed by atoms with E-state index in [0.29, 0.717) is 18.8 Å². The highest BCUT2D eigenvalue weighted by Crippen LogP contribution is 2.12. The van der Waals surface area contributed by atoms with Crippen molar-refractivity contribution in [2.24, 2.45) is 0 Å². The van der Waals surface area contributed by atoms with Gasteiger partial charge in [0.15, 0.2) is 5.78 Å². The highest BCUT2D eigenvalue weighted by atomic mass is 16.6. The average Bonchev–Trinajstić information content (AvgIpc) is 2.55. The van der Waals surface area contributed by atoms with Gasteiger partial charge in [0.1, 0.15) is 0 Å². The fourth-order valence-corrected chi connectivity index (χ4v) is 1.82. The van der Waals surface area contributed by atoms with E-state index in [4.69, 9.17) is 4.74 Å². The van der Waals surface area contributed by atoms with Gasteiger partial charge in [0.2, 0.25) is 0 Å². The summed E-state index contributed by atoms with van der Waals surface area (Å²) in [5.74, 6) is -0.210. The van der Waals surface area contributed by atoms with Crippen molar-refractivity contribution in [1.82, 2.24) is 0 Å². The van der Waals surface area contributed by atoms with Crippen molar-refractivity contribution < 1.29 is 14.5 Å². The zero-order chi connectivity index (χ0) is 15.8. The van der Waals surface area contributed by atoms with Gasteiger partial charge in [-0.05, 0) is 23.8 Å². The Balaban J connectivity index is 1.80. The van der Waals surface area contributed by atoms with Gasteiger partial charge in [0.05, 0.1) is 18.1 Å². The number of nitro benzene ring substituents is 1. The van der Waals surface area contributed by atoms with E-state index >= 15 is 0 Å². The van der Waals surface area contributed by atoms with Crippen molar-refractivity contribution in [3.63, 3.8) is 0 Å². The molecule has 0 unspecified atom stereocenters. The molecule has 0 heterocycles. The van der Waals surface area contributed by atoms with Crippen LogP contribution in [0.2, 0.25) is 0 Å². The molecule has 0 aliphatic rings. The number of rotatable bonds is 7. The van der Waals surface area contributed by atoms with E-state index in [1.165, 1.54) is 30.3 Å². The van der Waals surface area contributed by atoms with E-state index in [2.05, 4.69) is 0 Å². The molecule has 0 bridgehead atoms. The third-order valence-corrected chi connectivity index (χ3v) is 2.96. The molecule has 0 N–H and O–H groups in total. The molecule has 0 spiro atoms. The minimum Gasteiger partial charge on any atom is -0.373 e. The Morgan fingerprint density at radius 2 is 1.77 bits per heavy atom. The van der Waals surface area contributed by atoms with Crippen LogP contribution in [-0.4, -0.2) is 17.3 Å². The van der Waals surface area contributed by atoms with Crippen molar-refractivity contribution >= 4 is 11.5 Å². The van der Waals surface area contributed by atoms with Gasteiger partial charge < -0.3 is 4.74 Å². The van der Waals surface area contributed by atoms with Gasteiger partial charge in [0, 0.05) is 17.7 Å². The SMILES string of the molecule is O=C(/C=C/COCc1ccccc1)c1ccc([N+](=O)[O-])cc1. The molecule has 0 radical (unpaired) electrons. The fourth-order valence-electron chi connectivity index (χ4n) is 1.82. The van der Waals surface area contributed by atoms with Crippen LogP contribution in [0.5, 0.6) is 0 Å². The number of ketones is 1. The summed E-state index contributed by atoms with van der Waals surface area (Å²) >= 11 is 0. The highest BCUT2D eigenvalue weighted by molar-refractivity contribution is 6.04. The maximum absolute atomic E-state index is 11.8. The van der Waals surface area contributed by atoms with E-state index in [0.717, 1.165) is 5.56 Å². The number of carbonyl (C=O) groups is 1. The maximum Gasteiger partial charge on any atom is 0.269 e. The standard InChI is InChI=1S/C17H15NO4/c19-17(15-8-10-16(11-9-15)18(20)21)7-4-12-22-13-14-5-2-1-3-6-14/h1-11H,12-13H2/b7-4+. The second-order valence-corrected chi connectivity index (χ2v) is 4.57. The zero-order valence-corrected chi connectivity index (χ0v) is 11.8. The molecule has 0 aliphatic heterocycles. The third kappa shape index (κ3) is 4.64. The minimum absolute atomic E-state index is 0.0354. The topological polar surface area (TPSA) is 69.4 Å². The number of nitro groups is 1. The molecular formula is C17H15NO4. The smallest absolute Gasteiger partial charge is 0.269 e. The van der Waals surface area contributed by atoms with Crippen LogP contribution in [-0.2, 0) is 11.3 Å². The lowest BCUT2D eigenvalue weighted by atomic mass is 10.1. The second kappa shape index (κ2) is 7.85. The summed E-state index contributed by atoms with van der Waals surface area (Å²) in [4.78, 5) is 21.9. The Kier molecular flexibility index (Phi) is 5.57. The van der Waals surface area contributed by atoms with Crippen LogP contribution in [0.3, 0.4) is 0 Å². The number of nitrogens with zero attached hydrogens (tertiary/aromatic N) is 1. The number of carbonyl (C=O) groups excluding carboxylic acids is 1. The van der Waals surface area contributed by atoms with Crippen molar-refractivity contribution in [2.45, 2.75) is 6.61 Å². The number of allylic oxidation sites excluding steroid dienone is 1. The summed E-state index contributed by atoms with van der Waals surface area (Å²) in [5.41, 5.74) is 1.44. The predicted molar refractivity (Wildman–Crippen MR) is 82.7 cm³/mol. The largest absolute Gasteiger partial charge is 0.373 e.